The summed E-state index contributed by atoms with van der Waals surface area (Å²) in [6, 6.07) is 8.19. The largest absolute Gasteiger partial charge is 0.390 e. The van der Waals surface area contributed by atoms with E-state index < -0.39 is 6.10 Å². The lowest BCUT2D eigenvalue weighted by atomic mass is 10.1. The van der Waals surface area contributed by atoms with E-state index in [-0.39, 0.29) is 24.4 Å². The molecule has 1 amide bonds. The van der Waals surface area contributed by atoms with Gasteiger partial charge in [-0.25, -0.2) is 0 Å². The van der Waals surface area contributed by atoms with Crippen LogP contribution in [0, 0.1) is 0 Å². The second-order valence-electron chi connectivity index (χ2n) is 5.85. The number of rotatable bonds is 4. The molecule has 0 aromatic heterocycles. The van der Waals surface area contributed by atoms with Gasteiger partial charge >= 0.3 is 0 Å². The van der Waals surface area contributed by atoms with Gasteiger partial charge in [0, 0.05) is 18.9 Å². The number of benzene rings is 1. The highest BCUT2D eigenvalue weighted by atomic mass is 35.5. The van der Waals surface area contributed by atoms with Crippen molar-refractivity contribution in [1.82, 2.24) is 10.6 Å². The van der Waals surface area contributed by atoms with Crippen molar-refractivity contribution >= 4 is 18.3 Å². The molecule has 0 saturated carbocycles. The molecular weight excluding hydrogens is 288 g/mol. The van der Waals surface area contributed by atoms with Gasteiger partial charge in [-0.1, -0.05) is 24.3 Å². The molecule has 1 aliphatic carbocycles. The van der Waals surface area contributed by atoms with Gasteiger partial charge in [-0.2, -0.15) is 0 Å². The monoisotopic (exact) mass is 310 g/mol. The van der Waals surface area contributed by atoms with Gasteiger partial charge in [0.05, 0.1) is 12.1 Å². The van der Waals surface area contributed by atoms with Crippen molar-refractivity contribution in [3.8, 4) is 0 Å². The Labute approximate surface area is 131 Å². The van der Waals surface area contributed by atoms with Crippen LogP contribution in [0.25, 0.3) is 0 Å². The predicted octanol–water partition coefficient (Wildman–Crippen LogP) is 1.71. The Hall–Kier alpha value is -1.10. The van der Waals surface area contributed by atoms with Crippen LogP contribution in [0.4, 0.5) is 0 Å². The van der Waals surface area contributed by atoms with Crippen molar-refractivity contribution in [1.29, 1.82) is 0 Å². The number of amides is 1. The summed E-state index contributed by atoms with van der Waals surface area (Å²) in [4.78, 5) is 12.1. The fourth-order valence-electron chi connectivity index (χ4n) is 3.30. The third-order valence-electron chi connectivity index (χ3n) is 4.40. The van der Waals surface area contributed by atoms with E-state index in [0.717, 1.165) is 24.1 Å². The fraction of sp³-hybridized carbons (Fsp3) is 0.562. The molecule has 1 heterocycles. The average Bonchev–Trinajstić information content (AvgIpc) is 3.06. The van der Waals surface area contributed by atoms with Crippen LogP contribution in [0.2, 0.25) is 0 Å². The van der Waals surface area contributed by atoms with E-state index in [1.54, 1.807) is 0 Å². The molecule has 21 heavy (non-hydrogen) atoms. The van der Waals surface area contributed by atoms with E-state index in [1.165, 1.54) is 12.8 Å². The van der Waals surface area contributed by atoms with E-state index in [0.29, 0.717) is 18.9 Å². The summed E-state index contributed by atoms with van der Waals surface area (Å²) in [6.45, 7) is 1.07. The molecule has 1 saturated heterocycles. The zero-order chi connectivity index (χ0) is 13.9. The van der Waals surface area contributed by atoms with Crippen molar-refractivity contribution in [2.45, 2.75) is 50.3 Å². The van der Waals surface area contributed by atoms with Crippen LogP contribution in [0.1, 0.15) is 42.9 Å². The second-order valence-corrected chi connectivity index (χ2v) is 5.85. The summed E-state index contributed by atoms with van der Waals surface area (Å²) in [5, 5.41) is 16.5. The summed E-state index contributed by atoms with van der Waals surface area (Å²) in [6.07, 6.45) is 3.93. The molecule has 116 valence electrons. The molecular formula is C16H23ClN2O2. The predicted molar refractivity (Wildman–Crippen MR) is 84.5 cm³/mol. The molecule has 2 aliphatic rings. The highest BCUT2D eigenvalue weighted by Crippen LogP contribution is 2.31. The number of hydrogen-bond donors (Lipinski definition) is 3. The van der Waals surface area contributed by atoms with E-state index in [9.17, 15) is 9.90 Å². The SMILES string of the molecule is Cl.O=C(CCC1CCCN1)N[C@@H]1c2ccccc2C[C@@H]1O. The molecule has 3 rings (SSSR count). The molecule has 3 atom stereocenters. The number of nitrogens with one attached hydrogen (secondary N) is 2. The maximum absolute atomic E-state index is 12.1. The highest BCUT2D eigenvalue weighted by Gasteiger charge is 2.31. The number of hydrogen-bond acceptors (Lipinski definition) is 3. The molecule has 0 radical (unpaired) electrons. The minimum Gasteiger partial charge on any atom is -0.390 e. The minimum atomic E-state index is -0.499. The number of halogens is 1. The lowest BCUT2D eigenvalue weighted by Crippen LogP contribution is -2.34. The van der Waals surface area contributed by atoms with Gasteiger partial charge in [-0.05, 0) is 36.9 Å². The molecule has 4 nitrogen and oxygen atoms in total. The normalized spacial score (nSPS) is 27.0. The van der Waals surface area contributed by atoms with Gasteiger partial charge in [-0.15, -0.1) is 12.4 Å². The standard InChI is InChI=1S/C16H22N2O2.ClH/c19-14-10-11-4-1-2-6-13(11)16(14)18-15(20)8-7-12-5-3-9-17-12;/h1-2,4,6,12,14,16-17,19H,3,5,7-10H2,(H,18,20);1H/t12?,14-,16+;/m0./s1. The minimum absolute atomic E-state index is 0. The molecule has 1 aromatic rings. The first-order chi connectivity index (χ1) is 9.74. The van der Waals surface area contributed by atoms with Gasteiger partial charge in [0.25, 0.3) is 0 Å². The third kappa shape index (κ3) is 3.76. The number of fused-ring (bicyclic) bond motifs is 1. The maximum atomic E-state index is 12.1. The van der Waals surface area contributed by atoms with Crippen molar-refractivity contribution in [2.24, 2.45) is 0 Å². The van der Waals surface area contributed by atoms with Gasteiger partial charge < -0.3 is 15.7 Å². The van der Waals surface area contributed by atoms with E-state index in [2.05, 4.69) is 10.6 Å². The van der Waals surface area contributed by atoms with Crippen LogP contribution in [0.5, 0.6) is 0 Å². The van der Waals surface area contributed by atoms with Crippen LogP contribution < -0.4 is 10.6 Å². The van der Waals surface area contributed by atoms with Crippen molar-refractivity contribution in [3.05, 3.63) is 35.4 Å². The quantitative estimate of drug-likeness (QED) is 0.793. The summed E-state index contributed by atoms with van der Waals surface area (Å²) in [5.41, 5.74) is 2.20. The average molecular weight is 311 g/mol. The van der Waals surface area contributed by atoms with E-state index in [4.69, 9.17) is 0 Å². The fourth-order valence-corrected chi connectivity index (χ4v) is 3.30. The van der Waals surface area contributed by atoms with Crippen LogP contribution in [-0.2, 0) is 11.2 Å². The van der Waals surface area contributed by atoms with Crippen LogP contribution in [0.3, 0.4) is 0 Å². The summed E-state index contributed by atoms with van der Waals surface area (Å²) >= 11 is 0. The molecule has 0 bridgehead atoms. The Morgan fingerprint density at radius 2 is 2.19 bits per heavy atom. The van der Waals surface area contributed by atoms with Crippen molar-refractivity contribution < 1.29 is 9.90 Å². The molecule has 1 aromatic carbocycles. The third-order valence-corrected chi connectivity index (χ3v) is 4.40. The number of aliphatic hydroxyl groups excluding tert-OH is 1. The second kappa shape index (κ2) is 7.25. The van der Waals surface area contributed by atoms with Gasteiger partial charge in [0.15, 0.2) is 0 Å². The van der Waals surface area contributed by atoms with Crippen LogP contribution >= 0.6 is 12.4 Å². The Kier molecular flexibility index (Phi) is 5.62. The van der Waals surface area contributed by atoms with Gasteiger partial charge in [-0.3, -0.25) is 4.79 Å². The zero-order valence-electron chi connectivity index (χ0n) is 12.0. The Balaban J connectivity index is 0.00000161. The summed E-state index contributed by atoms with van der Waals surface area (Å²) in [7, 11) is 0. The molecule has 3 N–H and O–H groups in total. The lowest BCUT2D eigenvalue weighted by Gasteiger charge is -2.18. The topological polar surface area (TPSA) is 61.4 Å². The van der Waals surface area contributed by atoms with Crippen LogP contribution in [0.15, 0.2) is 24.3 Å². The molecule has 0 spiro atoms. The highest BCUT2D eigenvalue weighted by molar-refractivity contribution is 5.85. The van der Waals surface area contributed by atoms with E-state index >= 15 is 0 Å². The van der Waals surface area contributed by atoms with Crippen molar-refractivity contribution in [2.75, 3.05) is 6.54 Å². The zero-order valence-corrected chi connectivity index (χ0v) is 12.9. The Morgan fingerprint density at radius 1 is 1.38 bits per heavy atom. The summed E-state index contributed by atoms with van der Waals surface area (Å²) in [5.74, 6) is 0.0412. The summed E-state index contributed by atoms with van der Waals surface area (Å²) < 4.78 is 0. The molecule has 1 aliphatic heterocycles. The number of carbonyl (C=O) groups excluding carboxylic acids is 1. The van der Waals surface area contributed by atoms with Gasteiger partial charge in [0.2, 0.25) is 5.91 Å². The van der Waals surface area contributed by atoms with Crippen LogP contribution in [-0.4, -0.2) is 29.7 Å². The first kappa shape index (κ1) is 16.3. The molecule has 5 heteroatoms. The van der Waals surface area contributed by atoms with E-state index in [1.807, 2.05) is 24.3 Å². The smallest absolute Gasteiger partial charge is 0.220 e. The lowest BCUT2D eigenvalue weighted by molar-refractivity contribution is -0.122. The number of carbonyl (C=O) groups is 1. The first-order valence-corrected chi connectivity index (χ1v) is 7.52. The number of aliphatic hydroxyl groups is 1. The first-order valence-electron chi connectivity index (χ1n) is 7.52. The van der Waals surface area contributed by atoms with Crippen molar-refractivity contribution in [3.63, 3.8) is 0 Å². The Morgan fingerprint density at radius 3 is 2.95 bits per heavy atom. The maximum Gasteiger partial charge on any atom is 0.220 e. The molecule has 1 fully saturated rings. The Bertz CT molecular complexity index is 489. The van der Waals surface area contributed by atoms with Gasteiger partial charge in [0.1, 0.15) is 0 Å². The molecule has 1 unspecified atom stereocenters.